The lowest BCUT2D eigenvalue weighted by molar-refractivity contribution is 0.232. The van der Waals surface area contributed by atoms with Crippen LogP contribution in [0.5, 0.6) is 5.75 Å². The molecule has 19 heavy (non-hydrogen) atoms. The van der Waals surface area contributed by atoms with Crippen molar-refractivity contribution in [3.05, 3.63) is 28.3 Å². The molecule has 2 rings (SSSR count). The summed E-state index contributed by atoms with van der Waals surface area (Å²) in [6, 6.07) is 1.54. The minimum atomic E-state index is -0.335. The summed E-state index contributed by atoms with van der Waals surface area (Å²) >= 11 is 0. The van der Waals surface area contributed by atoms with Gasteiger partial charge in [-0.1, -0.05) is 0 Å². The molecule has 1 aromatic rings. The third-order valence-electron chi connectivity index (χ3n) is 3.67. The first-order valence-corrected chi connectivity index (χ1v) is 6.12. The summed E-state index contributed by atoms with van der Waals surface area (Å²) in [6.45, 7) is 6.37. The Bertz CT molecular complexity index is 575. The van der Waals surface area contributed by atoms with Gasteiger partial charge in [-0.25, -0.2) is 9.69 Å². The molecule has 1 N–H and O–H groups in total. The summed E-state index contributed by atoms with van der Waals surface area (Å²) in [5.74, 6) is 0.878. The highest BCUT2D eigenvalue weighted by Crippen LogP contribution is 2.33. The van der Waals surface area contributed by atoms with E-state index in [0.29, 0.717) is 6.54 Å². The van der Waals surface area contributed by atoms with E-state index < -0.39 is 0 Å². The standard InChI is InChI=1S/C14H17N3O2/c1-8-5-11(9(2)10(3)13(8)19-4)12-6-17(7-15)14(18)16-12/h5,12H,6H2,1-4H3,(H,16,18). The largest absolute Gasteiger partial charge is 0.496 e. The molecule has 0 saturated carbocycles. The monoisotopic (exact) mass is 259 g/mol. The van der Waals surface area contributed by atoms with Gasteiger partial charge in [0.2, 0.25) is 0 Å². The molecular formula is C14H17N3O2. The van der Waals surface area contributed by atoms with Gasteiger partial charge in [0.1, 0.15) is 5.75 Å². The quantitative estimate of drug-likeness (QED) is 0.828. The number of methoxy groups -OCH3 is 1. The predicted molar refractivity (Wildman–Crippen MR) is 70.8 cm³/mol. The van der Waals surface area contributed by atoms with Gasteiger partial charge in [-0.15, -0.1) is 0 Å². The van der Waals surface area contributed by atoms with Crippen LogP contribution in [0.4, 0.5) is 4.79 Å². The number of nitrogens with zero attached hydrogens (tertiary/aromatic N) is 2. The smallest absolute Gasteiger partial charge is 0.331 e. The second-order valence-corrected chi connectivity index (χ2v) is 4.78. The summed E-state index contributed by atoms with van der Waals surface area (Å²) in [6.07, 6.45) is 1.88. The van der Waals surface area contributed by atoms with E-state index >= 15 is 0 Å². The zero-order valence-corrected chi connectivity index (χ0v) is 11.6. The Labute approximate surface area is 112 Å². The highest BCUT2D eigenvalue weighted by Gasteiger charge is 2.31. The molecule has 1 saturated heterocycles. The number of carbonyl (C=O) groups excluding carboxylic acids is 1. The topological polar surface area (TPSA) is 65.4 Å². The van der Waals surface area contributed by atoms with Crippen molar-refractivity contribution in [2.24, 2.45) is 0 Å². The number of hydrogen-bond acceptors (Lipinski definition) is 3. The van der Waals surface area contributed by atoms with Crippen LogP contribution in [-0.2, 0) is 0 Å². The molecule has 0 aromatic heterocycles. The van der Waals surface area contributed by atoms with E-state index in [2.05, 4.69) is 5.32 Å². The summed E-state index contributed by atoms with van der Waals surface area (Å²) in [7, 11) is 1.66. The second kappa shape index (κ2) is 4.81. The fraction of sp³-hybridized carbons (Fsp3) is 0.429. The number of nitrogens with one attached hydrogen (secondary N) is 1. The number of aryl methyl sites for hydroxylation is 1. The maximum atomic E-state index is 11.6. The Balaban J connectivity index is 2.43. The number of ether oxygens (including phenoxy) is 1. The molecule has 1 aromatic carbocycles. The van der Waals surface area contributed by atoms with E-state index in [1.807, 2.05) is 33.0 Å². The highest BCUT2D eigenvalue weighted by molar-refractivity contribution is 5.79. The molecule has 2 amide bonds. The lowest BCUT2D eigenvalue weighted by Gasteiger charge is -2.19. The molecule has 5 nitrogen and oxygen atoms in total. The van der Waals surface area contributed by atoms with Crippen LogP contribution in [0.25, 0.3) is 0 Å². The van der Waals surface area contributed by atoms with Crippen LogP contribution in [0.3, 0.4) is 0 Å². The van der Waals surface area contributed by atoms with Crippen molar-refractivity contribution in [1.82, 2.24) is 10.2 Å². The normalized spacial score (nSPS) is 18.2. The van der Waals surface area contributed by atoms with E-state index in [9.17, 15) is 4.79 Å². The fourth-order valence-corrected chi connectivity index (χ4v) is 2.57. The van der Waals surface area contributed by atoms with Crippen molar-refractivity contribution >= 4 is 6.03 Å². The van der Waals surface area contributed by atoms with Crippen molar-refractivity contribution in [3.8, 4) is 11.9 Å². The molecule has 1 fully saturated rings. The van der Waals surface area contributed by atoms with Gasteiger partial charge in [0, 0.05) is 0 Å². The Morgan fingerprint density at radius 3 is 2.63 bits per heavy atom. The number of amides is 2. The van der Waals surface area contributed by atoms with Crippen molar-refractivity contribution in [3.63, 3.8) is 0 Å². The number of urea groups is 1. The van der Waals surface area contributed by atoms with E-state index in [0.717, 1.165) is 32.9 Å². The van der Waals surface area contributed by atoms with Crippen LogP contribution in [0.15, 0.2) is 6.07 Å². The summed E-state index contributed by atoms with van der Waals surface area (Å²) in [4.78, 5) is 12.7. The third-order valence-corrected chi connectivity index (χ3v) is 3.67. The molecule has 5 heteroatoms. The van der Waals surface area contributed by atoms with Crippen LogP contribution in [-0.4, -0.2) is 24.6 Å². The predicted octanol–water partition coefficient (Wildman–Crippen LogP) is 2.17. The summed E-state index contributed by atoms with van der Waals surface area (Å²) < 4.78 is 5.39. The van der Waals surface area contributed by atoms with Gasteiger partial charge in [-0.05, 0) is 49.1 Å². The molecule has 0 aliphatic carbocycles. The van der Waals surface area contributed by atoms with E-state index in [-0.39, 0.29) is 12.1 Å². The van der Waals surface area contributed by atoms with E-state index in [1.54, 1.807) is 7.11 Å². The SMILES string of the molecule is COc1c(C)cc(C2CN(C#N)C(=O)N2)c(C)c1C. The second-order valence-electron chi connectivity index (χ2n) is 4.78. The van der Waals surface area contributed by atoms with Crippen molar-refractivity contribution in [2.75, 3.05) is 13.7 Å². The molecule has 0 radical (unpaired) electrons. The molecule has 1 atom stereocenters. The maximum absolute atomic E-state index is 11.6. The Morgan fingerprint density at radius 1 is 1.42 bits per heavy atom. The number of rotatable bonds is 2. The molecular weight excluding hydrogens is 242 g/mol. The molecule has 1 heterocycles. The van der Waals surface area contributed by atoms with Gasteiger partial charge in [0.05, 0.1) is 19.7 Å². The van der Waals surface area contributed by atoms with Crippen molar-refractivity contribution in [1.29, 1.82) is 5.26 Å². The Hall–Kier alpha value is -2.22. The third kappa shape index (κ3) is 2.10. The molecule has 0 spiro atoms. The van der Waals surface area contributed by atoms with Gasteiger partial charge in [-0.2, -0.15) is 5.26 Å². The molecule has 1 aliphatic rings. The summed E-state index contributed by atoms with van der Waals surface area (Å²) in [5, 5.41) is 11.7. The van der Waals surface area contributed by atoms with Gasteiger partial charge in [-0.3, -0.25) is 0 Å². The number of hydrogen-bond donors (Lipinski definition) is 1. The van der Waals surface area contributed by atoms with E-state index in [4.69, 9.17) is 10.00 Å². The van der Waals surface area contributed by atoms with E-state index in [1.165, 1.54) is 0 Å². The molecule has 1 unspecified atom stereocenters. The van der Waals surface area contributed by atoms with Crippen LogP contribution < -0.4 is 10.1 Å². The van der Waals surface area contributed by atoms with Crippen LogP contribution in [0.2, 0.25) is 0 Å². The molecule has 100 valence electrons. The zero-order valence-electron chi connectivity index (χ0n) is 11.6. The zero-order chi connectivity index (χ0) is 14.2. The van der Waals surface area contributed by atoms with Gasteiger partial charge >= 0.3 is 6.03 Å². The average Bonchev–Trinajstić information content (AvgIpc) is 2.75. The van der Waals surface area contributed by atoms with Crippen LogP contribution in [0.1, 0.15) is 28.3 Å². The number of nitriles is 1. The lowest BCUT2D eigenvalue weighted by Crippen LogP contribution is -2.23. The van der Waals surface area contributed by atoms with Gasteiger partial charge < -0.3 is 10.1 Å². The van der Waals surface area contributed by atoms with Crippen molar-refractivity contribution in [2.45, 2.75) is 26.8 Å². The Kier molecular flexibility index (Phi) is 3.34. The van der Waals surface area contributed by atoms with Crippen LogP contribution >= 0.6 is 0 Å². The first kappa shape index (κ1) is 13.2. The molecule has 0 bridgehead atoms. The fourth-order valence-electron chi connectivity index (χ4n) is 2.57. The van der Waals surface area contributed by atoms with Crippen LogP contribution in [0, 0.1) is 32.2 Å². The maximum Gasteiger partial charge on any atom is 0.331 e. The number of carbonyl (C=O) groups is 1. The van der Waals surface area contributed by atoms with Gasteiger partial charge in [0.25, 0.3) is 0 Å². The minimum Gasteiger partial charge on any atom is -0.496 e. The lowest BCUT2D eigenvalue weighted by atomic mass is 9.94. The highest BCUT2D eigenvalue weighted by atomic mass is 16.5. The Morgan fingerprint density at radius 2 is 2.11 bits per heavy atom. The first-order valence-electron chi connectivity index (χ1n) is 6.12. The van der Waals surface area contributed by atoms with Gasteiger partial charge in [0.15, 0.2) is 6.19 Å². The minimum absolute atomic E-state index is 0.143. The average molecular weight is 259 g/mol. The first-order chi connectivity index (χ1) is 8.99. The number of benzene rings is 1. The van der Waals surface area contributed by atoms with Crippen molar-refractivity contribution < 1.29 is 9.53 Å². The summed E-state index contributed by atoms with van der Waals surface area (Å²) in [5.41, 5.74) is 4.24. The molecule has 1 aliphatic heterocycles.